The highest BCUT2D eigenvalue weighted by Gasteiger charge is 2.08. The molecule has 0 saturated heterocycles. The molecule has 0 spiro atoms. The molecule has 0 aliphatic heterocycles. The third-order valence-corrected chi connectivity index (χ3v) is 3.44. The number of aliphatic carboxylic acids is 1. The summed E-state index contributed by atoms with van der Waals surface area (Å²) in [6.07, 6.45) is 0.298. The van der Waals surface area contributed by atoms with Crippen LogP contribution in [0.1, 0.15) is 12.8 Å². The molecule has 5 nitrogen and oxygen atoms in total. The Bertz CT molecular complexity index is 433. The maximum atomic E-state index is 11.5. The highest BCUT2D eigenvalue weighted by Crippen LogP contribution is 2.05. The summed E-state index contributed by atoms with van der Waals surface area (Å²) >= 11 is 0. The number of nitrogens with one attached hydrogen (secondary N) is 1. The highest BCUT2D eigenvalue weighted by atomic mass is 32.2. The van der Waals surface area contributed by atoms with Crippen molar-refractivity contribution in [3.63, 3.8) is 0 Å². The van der Waals surface area contributed by atoms with Gasteiger partial charge in [-0.1, -0.05) is 18.2 Å². The maximum absolute atomic E-state index is 11.5. The van der Waals surface area contributed by atoms with Crippen LogP contribution in [-0.4, -0.2) is 32.7 Å². The second-order valence-corrected chi connectivity index (χ2v) is 5.28. The second-order valence-electron chi connectivity index (χ2n) is 3.70. The van der Waals surface area contributed by atoms with E-state index >= 15 is 0 Å². The Kier molecular flexibility index (Phi) is 6.07. The van der Waals surface area contributed by atoms with Crippen molar-refractivity contribution in [3.05, 3.63) is 30.3 Å². The first-order chi connectivity index (χ1) is 8.58. The summed E-state index contributed by atoms with van der Waals surface area (Å²) in [4.78, 5) is 21.8. The normalized spacial score (nSPS) is 11.8. The van der Waals surface area contributed by atoms with Gasteiger partial charge in [-0.05, 0) is 18.6 Å². The van der Waals surface area contributed by atoms with Gasteiger partial charge in [-0.2, -0.15) is 0 Å². The van der Waals surface area contributed by atoms with Gasteiger partial charge in [-0.3, -0.25) is 13.8 Å². The first kappa shape index (κ1) is 14.4. The molecule has 6 heteroatoms. The van der Waals surface area contributed by atoms with Gasteiger partial charge in [0.1, 0.15) is 5.75 Å². The third-order valence-electron chi connectivity index (χ3n) is 2.11. The van der Waals surface area contributed by atoms with Gasteiger partial charge >= 0.3 is 5.97 Å². The lowest BCUT2D eigenvalue weighted by molar-refractivity contribution is -0.137. The first-order valence-corrected chi connectivity index (χ1v) is 6.98. The average Bonchev–Trinajstić information content (AvgIpc) is 2.29. The number of carbonyl (C=O) groups is 2. The van der Waals surface area contributed by atoms with Gasteiger partial charge in [0.2, 0.25) is 5.91 Å². The highest BCUT2D eigenvalue weighted by molar-refractivity contribution is 7.85. The minimum atomic E-state index is -1.32. The molecule has 0 radical (unpaired) electrons. The van der Waals surface area contributed by atoms with Gasteiger partial charge in [-0.25, -0.2) is 0 Å². The van der Waals surface area contributed by atoms with Crippen LogP contribution < -0.4 is 5.32 Å². The van der Waals surface area contributed by atoms with E-state index in [1.54, 1.807) is 24.3 Å². The molecule has 0 heterocycles. The van der Waals surface area contributed by atoms with Crippen LogP contribution in [0.15, 0.2) is 30.3 Å². The topological polar surface area (TPSA) is 83.5 Å². The first-order valence-electron chi connectivity index (χ1n) is 5.49. The fourth-order valence-corrected chi connectivity index (χ4v) is 2.30. The average molecular weight is 269 g/mol. The third kappa shape index (κ3) is 6.15. The number of rotatable bonds is 7. The molecule has 98 valence electrons. The number of benzene rings is 1. The van der Waals surface area contributed by atoms with Crippen LogP contribution in [0.2, 0.25) is 0 Å². The number of anilines is 1. The molecule has 0 aliphatic rings. The van der Waals surface area contributed by atoms with Gasteiger partial charge in [-0.15, -0.1) is 0 Å². The van der Waals surface area contributed by atoms with Crippen LogP contribution in [-0.2, 0) is 20.4 Å². The summed E-state index contributed by atoms with van der Waals surface area (Å²) in [5.41, 5.74) is 0.657. The van der Waals surface area contributed by atoms with Crippen LogP contribution in [0.4, 0.5) is 5.69 Å². The molecule has 0 saturated carbocycles. The standard InChI is InChI=1S/C12H15NO4S/c14-11(13-10-5-2-1-3-6-10)9-18(17)8-4-7-12(15)16/h1-3,5-6H,4,7-9H2,(H,13,14)(H,15,16). The minimum absolute atomic E-state index is 0.0218. The SMILES string of the molecule is O=C(O)CCCS(=O)CC(=O)Nc1ccccc1. The number of para-hydroxylation sites is 1. The Morgan fingerprint density at radius 3 is 2.50 bits per heavy atom. The molecule has 1 unspecified atom stereocenters. The van der Waals surface area contributed by atoms with E-state index in [-0.39, 0.29) is 23.8 Å². The molecule has 18 heavy (non-hydrogen) atoms. The van der Waals surface area contributed by atoms with E-state index < -0.39 is 16.8 Å². The van der Waals surface area contributed by atoms with Crippen LogP contribution in [0.3, 0.4) is 0 Å². The summed E-state index contributed by atoms with van der Waals surface area (Å²) in [6.45, 7) is 0. The molecule has 0 aromatic heterocycles. The van der Waals surface area contributed by atoms with Crippen molar-refractivity contribution in [1.82, 2.24) is 0 Å². The number of carbonyl (C=O) groups excluding carboxylic acids is 1. The Balaban J connectivity index is 2.27. The summed E-state index contributed by atoms with van der Waals surface area (Å²) in [6, 6.07) is 8.90. The number of hydrogen-bond acceptors (Lipinski definition) is 3. The summed E-state index contributed by atoms with van der Waals surface area (Å²) in [5, 5.41) is 11.0. The van der Waals surface area contributed by atoms with E-state index in [1.807, 2.05) is 6.07 Å². The van der Waals surface area contributed by atoms with Crippen molar-refractivity contribution in [2.45, 2.75) is 12.8 Å². The van der Waals surface area contributed by atoms with E-state index in [9.17, 15) is 13.8 Å². The lowest BCUT2D eigenvalue weighted by Crippen LogP contribution is -2.20. The van der Waals surface area contributed by atoms with Crippen molar-refractivity contribution < 1.29 is 18.9 Å². The van der Waals surface area contributed by atoms with Gasteiger partial charge in [0.05, 0.1) is 0 Å². The number of hydrogen-bond donors (Lipinski definition) is 2. The molecule has 0 bridgehead atoms. The number of carboxylic acid groups (broad SMARTS) is 1. The van der Waals surface area contributed by atoms with Crippen molar-refractivity contribution in [1.29, 1.82) is 0 Å². The molecular formula is C12H15NO4S. The predicted octanol–water partition coefficient (Wildman–Crippen LogP) is 1.24. The largest absolute Gasteiger partial charge is 0.481 e. The molecular weight excluding hydrogens is 254 g/mol. The maximum Gasteiger partial charge on any atom is 0.303 e. The Morgan fingerprint density at radius 1 is 1.22 bits per heavy atom. The van der Waals surface area contributed by atoms with Gasteiger partial charge in [0, 0.05) is 28.7 Å². The quantitative estimate of drug-likeness (QED) is 0.780. The van der Waals surface area contributed by atoms with Crippen LogP contribution in [0.5, 0.6) is 0 Å². The zero-order valence-corrected chi connectivity index (χ0v) is 10.6. The molecule has 2 N–H and O–H groups in total. The number of amides is 1. The van der Waals surface area contributed by atoms with E-state index in [1.165, 1.54) is 0 Å². The van der Waals surface area contributed by atoms with Gasteiger partial charge in [0.15, 0.2) is 0 Å². The lowest BCUT2D eigenvalue weighted by Gasteiger charge is -2.04. The van der Waals surface area contributed by atoms with E-state index in [2.05, 4.69) is 5.32 Å². The lowest BCUT2D eigenvalue weighted by atomic mass is 10.3. The van der Waals surface area contributed by atoms with Gasteiger partial charge < -0.3 is 10.4 Å². The van der Waals surface area contributed by atoms with E-state index in [0.29, 0.717) is 12.1 Å². The second kappa shape index (κ2) is 7.60. The molecule has 1 aromatic carbocycles. The van der Waals surface area contributed by atoms with Crippen molar-refractivity contribution in [2.24, 2.45) is 0 Å². The van der Waals surface area contributed by atoms with Crippen molar-refractivity contribution in [2.75, 3.05) is 16.8 Å². The fourth-order valence-electron chi connectivity index (χ4n) is 1.32. The van der Waals surface area contributed by atoms with Gasteiger partial charge in [0.25, 0.3) is 0 Å². The summed E-state index contributed by atoms with van der Waals surface area (Å²) < 4.78 is 11.5. The predicted molar refractivity (Wildman–Crippen MR) is 69.8 cm³/mol. The number of carboxylic acids is 1. The van der Waals surface area contributed by atoms with E-state index in [0.717, 1.165) is 0 Å². The molecule has 1 aromatic rings. The Morgan fingerprint density at radius 2 is 1.89 bits per heavy atom. The van der Waals surface area contributed by atoms with E-state index in [4.69, 9.17) is 5.11 Å². The van der Waals surface area contributed by atoms with Crippen LogP contribution in [0.25, 0.3) is 0 Å². The van der Waals surface area contributed by atoms with Crippen LogP contribution in [0, 0.1) is 0 Å². The molecule has 1 atom stereocenters. The monoisotopic (exact) mass is 269 g/mol. The molecule has 0 aliphatic carbocycles. The molecule has 1 amide bonds. The van der Waals surface area contributed by atoms with Crippen molar-refractivity contribution >= 4 is 28.4 Å². The summed E-state index contributed by atoms with van der Waals surface area (Å²) in [7, 11) is -1.32. The molecule has 0 fully saturated rings. The molecule has 1 rings (SSSR count). The Labute approximate surface area is 108 Å². The minimum Gasteiger partial charge on any atom is -0.481 e. The Hall–Kier alpha value is -1.69. The zero-order valence-electron chi connectivity index (χ0n) is 9.80. The zero-order chi connectivity index (χ0) is 13.4. The fraction of sp³-hybridized carbons (Fsp3) is 0.333. The smallest absolute Gasteiger partial charge is 0.303 e. The van der Waals surface area contributed by atoms with Crippen molar-refractivity contribution in [3.8, 4) is 0 Å². The van der Waals surface area contributed by atoms with Crippen LogP contribution >= 0.6 is 0 Å². The summed E-state index contributed by atoms with van der Waals surface area (Å²) in [5.74, 6) is -1.11.